The van der Waals surface area contributed by atoms with E-state index in [2.05, 4.69) is 20.7 Å². The van der Waals surface area contributed by atoms with Crippen LogP contribution in [0, 0.1) is 10.1 Å². The van der Waals surface area contributed by atoms with Gasteiger partial charge in [0.1, 0.15) is 6.33 Å². The molecule has 0 radical (unpaired) electrons. The van der Waals surface area contributed by atoms with Crippen LogP contribution in [-0.2, 0) is 6.42 Å². The van der Waals surface area contributed by atoms with Crippen LogP contribution in [0.1, 0.15) is 11.8 Å². The Hall–Kier alpha value is -2.26. The fourth-order valence-corrected chi connectivity index (χ4v) is 2.61. The molecule has 2 aromatic heterocycles. The summed E-state index contributed by atoms with van der Waals surface area (Å²) in [5.41, 5.74) is 1.95. The van der Waals surface area contributed by atoms with Gasteiger partial charge in [0.15, 0.2) is 0 Å². The average Bonchev–Trinajstić information content (AvgIpc) is 2.90. The molecule has 9 heteroatoms. The summed E-state index contributed by atoms with van der Waals surface area (Å²) in [6.45, 7) is 1.93. The third-order valence-corrected chi connectivity index (χ3v) is 3.51. The number of anilines is 2. The van der Waals surface area contributed by atoms with Crippen LogP contribution in [0.2, 0.25) is 0 Å². The average molecular weight is 294 g/mol. The van der Waals surface area contributed by atoms with E-state index in [-0.39, 0.29) is 23.4 Å². The van der Waals surface area contributed by atoms with E-state index in [4.69, 9.17) is 5.84 Å². The van der Waals surface area contributed by atoms with Crippen molar-refractivity contribution in [3.63, 3.8) is 0 Å². The van der Waals surface area contributed by atoms with E-state index in [0.29, 0.717) is 0 Å². The highest BCUT2D eigenvalue weighted by molar-refractivity contribution is 7.09. The number of nitrogens with two attached hydrogens (primary N) is 1. The van der Waals surface area contributed by atoms with Gasteiger partial charge in [0.25, 0.3) is 0 Å². The third-order valence-electron chi connectivity index (χ3n) is 2.61. The molecular weight excluding hydrogens is 280 g/mol. The quantitative estimate of drug-likeness (QED) is 0.422. The predicted octanol–water partition coefficient (Wildman–Crippen LogP) is 1.77. The van der Waals surface area contributed by atoms with Gasteiger partial charge in [-0.05, 0) is 18.4 Å². The number of hydrogen-bond acceptors (Lipinski definition) is 8. The number of hydrazine groups is 1. The Bertz CT molecular complexity index is 589. The van der Waals surface area contributed by atoms with Crippen LogP contribution in [-0.4, -0.2) is 20.9 Å². The first-order valence-corrected chi connectivity index (χ1v) is 6.74. The van der Waals surface area contributed by atoms with Crippen LogP contribution in [0.25, 0.3) is 0 Å². The highest BCUT2D eigenvalue weighted by Crippen LogP contribution is 2.28. The molecule has 0 spiro atoms. The summed E-state index contributed by atoms with van der Waals surface area (Å²) in [6.07, 6.45) is 1.98. The summed E-state index contributed by atoms with van der Waals surface area (Å²) in [5.74, 6) is 5.36. The molecule has 8 nitrogen and oxygen atoms in total. The predicted molar refractivity (Wildman–Crippen MR) is 77.6 cm³/mol. The first kappa shape index (κ1) is 14.2. The molecule has 0 saturated heterocycles. The van der Waals surface area contributed by atoms with Gasteiger partial charge in [0.2, 0.25) is 11.6 Å². The number of rotatable bonds is 6. The largest absolute Gasteiger partial charge is 0.361 e. The smallest absolute Gasteiger partial charge is 0.354 e. The molecule has 0 aliphatic rings. The van der Waals surface area contributed by atoms with Crippen molar-refractivity contribution >= 4 is 28.7 Å². The van der Waals surface area contributed by atoms with Gasteiger partial charge in [-0.1, -0.05) is 6.07 Å². The lowest BCUT2D eigenvalue weighted by Gasteiger charge is -2.14. The van der Waals surface area contributed by atoms with Crippen molar-refractivity contribution in [1.82, 2.24) is 9.97 Å². The lowest BCUT2D eigenvalue weighted by molar-refractivity contribution is -0.383. The zero-order valence-corrected chi connectivity index (χ0v) is 11.6. The number of aromatic nitrogens is 2. The molecule has 0 aromatic carbocycles. The van der Waals surface area contributed by atoms with Gasteiger partial charge in [-0.2, -0.15) is 0 Å². The molecule has 20 heavy (non-hydrogen) atoms. The molecule has 2 aromatic rings. The Kier molecular flexibility index (Phi) is 4.43. The molecule has 0 fully saturated rings. The molecule has 0 bridgehead atoms. The molecule has 2 heterocycles. The minimum Gasteiger partial charge on any atom is -0.361 e. The Morgan fingerprint density at radius 2 is 2.25 bits per heavy atom. The second kappa shape index (κ2) is 6.26. The van der Waals surface area contributed by atoms with Gasteiger partial charge in [0, 0.05) is 17.3 Å². The molecule has 1 atom stereocenters. The van der Waals surface area contributed by atoms with E-state index in [9.17, 15) is 10.1 Å². The Morgan fingerprint density at radius 3 is 2.85 bits per heavy atom. The summed E-state index contributed by atoms with van der Waals surface area (Å²) in [5, 5.41) is 16.1. The highest BCUT2D eigenvalue weighted by atomic mass is 32.1. The maximum Gasteiger partial charge on any atom is 0.354 e. The van der Waals surface area contributed by atoms with Crippen molar-refractivity contribution in [2.75, 3.05) is 10.7 Å². The van der Waals surface area contributed by atoms with E-state index in [1.807, 2.05) is 24.4 Å². The summed E-state index contributed by atoms with van der Waals surface area (Å²) in [4.78, 5) is 19.4. The SMILES string of the molecule is CC(Cc1cccs1)Nc1ncnc(NN)c1[N+](=O)[O-]. The van der Waals surface area contributed by atoms with E-state index in [1.165, 1.54) is 11.2 Å². The third kappa shape index (κ3) is 3.19. The highest BCUT2D eigenvalue weighted by Gasteiger charge is 2.23. The number of nitrogens with zero attached hydrogens (tertiary/aromatic N) is 3. The zero-order valence-electron chi connectivity index (χ0n) is 10.7. The number of nitrogens with one attached hydrogen (secondary N) is 2. The van der Waals surface area contributed by atoms with Gasteiger partial charge in [0.05, 0.1) is 4.92 Å². The van der Waals surface area contributed by atoms with Crippen molar-refractivity contribution in [3.05, 3.63) is 38.8 Å². The fraction of sp³-hybridized carbons (Fsp3) is 0.273. The number of hydrogen-bond donors (Lipinski definition) is 3. The second-order valence-corrected chi connectivity index (χ2v) is 5.18. The molecule has 2 rings (SSSR count). The van der Waals surface area contributed by atoms with E-state index < -0.39 is 4.92 Å². The molecule has 0 saturated carbocycles. The zero-order chi connectivity index (χ0) is 14.5. The van der Waals surface area contributed by atoms with Gasteiger partial charge >= 0.3 is 5.69 Å². The second-order valence-electron chi connectivity index (χ2n) is 4.15. The van der Waals surface area contributed by atoms with Gasteiger partial charge in [-0.25, -0.2) is 15.8 Å². The van der Waals surface area contributed by atoms with Crippen molar-refractivity contribution in [1.29, 1.82) is 0 Å². The van der Waals surface area contributed by atoms with Crippen molar-refractivity contribution in [2.45, 2.75) is 19.4 Å². The normalized spacial score (nSPS) is 11.9. The standard InChI is InChI=1S/C11H14N6O2S/c1-7(5-8-3-2-4-20-8)15-10-9(17(18)19)11(16-12)14-6-13-10/h2-4,6-7H,5,12H2,1H3,(H2,13,14,15,16). The van der Waals surface area contributed by atoms with Crippen LogP contribution in [0.4, 0.5) is 17.3 Å². The molecule has 4 N–H and O–H groups in total. The minimum absolute atomic E-state index is 0.00660. The maximum absolute atomic E-state index is 11.1. The Labute approximate surface area is 119 Å². The van der Waals surface area contributed by atoms with Crippen LogP contribution < -0.4 is 16.6 Å². The van der Waals surface area contributed by atoms with Gasteiger partial charge in [-0.15, -0.1) is 11.3 Å². The van der Waals surface area contributed by atoms with Crippen LogP contribution in [0.5, 0.6) is 0 Å². The van der Waals surface area contributed by atoms with Gasteiger partial charge < -0.3 is 10.7 Å². The summed E-state index contributed by atoms with van der Waals surface area (Å²) in [7, 11) is 0. The molecule has 0 amide bonds. The number of nitro groups is 1. The minimum atomic E-state index is -0.560. The monoisotopic (exact) mass is 294 g/mol. The lowest BCUT2D eigenvalue weighted by atomic mass is 10.2. The van der Waals surface area contributed by atoms with E-state index in [1.54, 1.807) is 11.3 Å². The van der Waals surface area contributed by atoms with Crippen LogP contribution in [0.3, 0.4) is 0 Å². The summed E-state index contributed by atoms with van der Waals surface area (Å²) >= 11 is 1.64. The summed E-state index contributed by atoms with van der Waals surface area (Å²) < 4.78 is 0. The van der Waals surface area contributed by atoms with Crippen LogP contribution in [0.15, 0.2) is 23.8 Å². The topological polar surface area (TPSA) is 119 Å². The van der Waals surface area contributed by atoms with E-state index >= 15 is 0 Å². The van der Waals surface area contributed by atoms with Gasteiger partial charge in [-0.3, -0.25) is 10.1 Å². The Balaban J connectivity index is 2.18. The first-order chi connectivity index (χ1) is 9.61. The molecule has 0 aliphatic carbocycles. The molecule has 1 unspecified atom stereocenters. The van der Waals surface area contributed by atoms with E-state index in [0.717, 1.165) is 6.42 Å². The molecule has 106 valence electrons. The van der Waals surface area contributed by atoms with Crippen molar-refractivity contribution < 1.29 is 4.92 Å². The number of nitrogen functional groups attached to an aromatic ring is 1. The summed E-state index contributed by atoms with van der Waals surface area (Å²) in [6, 6.07) is 3.98. The van der Waals surface area contributed by atoms with Crippen LogP contribution >= 0.6 is 11.3 Å². The molecule has 0 aliphatic heterocycles. The maximum atomic E-state index is 11.1. The van der Waals surface area contributed by atoms with Crippen molar-refractivity contribution in [3.8, 4) is 0 Å². The Morgan fingerprint density at radius 1 is 1.50 bits per heavy atom. The van der Waals surface area contributed by atoms with Crippen molar-refractivity contribution in [2.24, 2.45) is 5.84 Å². The molecular formula is C11H14N6O2S. The fourth-order valence-electron chi connectivity index (χ4n) is 1.78. The first-order valence-electron chi connectivity index (χ1n) is 5.86. The number of thiophene rings is 1. The lowest BCUT2D eigenvalue weighted by Crippen LogP contribution is -2.20.